The average Bonchev–Trinajstić information content (AvgIpc) is 2.56. The average molecular weight is 318 g/mol. The standard InChI is InChI=1S/C19H30N2O2/c1-15-8-9-16(2)18(12-15)23-11-4-3-7-19(22)21-14-17-6-5-10-20-13-17/h8-9,12,17,20H,3-7,10-11,13-14H2,1-2H3,(H,21,22). The van der Waals surface area contributed by atoms with Gasteiger partial charge in [0, 0.05) is 13.0 Å². The fraction of sp³-hybridized carbons (Fsp3) is 0.632. The Balaban J connectivity index is 1.54. The second-order valence-electron chi connectivity index (χ2n) is 6.59. The lowest BCUT2D eigenvalue weighted by molar-refractivity contribution is -0.121. The maximum atomic E-state index is 11.8. The highest BCUT2D eigenvalue weighted by Crippen LogP contribution is 2.19. The summed E-state index contributed by atoms with van der Waals surface area (Å²) in [6.45, 7) is 7.75. The zero-order valence-corrected chi connectivity index (χ0v) is 14.5. The summed E-state index contributed by atoms with van der Waals surface area (Å²) in [5.74, 6) is 1.72. The zero-order chi connectivity index (χ0) is 16.5. The number of hydrogen-bond acceptors (Lipinski definition) is 3. The molecule has 0 bridgehead atoms. The lowest BCUT2D eigenvalue weighted by atomic mass is 10.00. The molecule has 1 atom stereocenters. The third-order valence-electron chi connectivity index (χ3n) is 4.39. The van der Waals surface area contributed by atoms with Crippen LogP contribution in [0.1, 0.15) is 43.2 Å². The van der Waals surface area contributed by atoms with Gasteiger partial charge >= 0.3 is 0 Å². The molecule has 2 N–H and O–H groups in total. The van der Waals surface area contributed by atoms with Crippen LogP contribution in [0.3, 0.4) is 0 Å². The van der Waals surface area contributed by atoms with E-state index in [1.807, 2.05) is 0 Å². The molecule has 4 nitrogen and oxygen atoms in total. The summed E-state index contributed by atoms with van der Waals surface area (Å²) in [6, 6.07) is 6.24. The van der Waals surface area contributed by atoms with Crippen molar-refractivity contribution in [1.82, 2.24) is 10.6 Å². The van der Waals surface area contributed by atoms with E-state index in [4.69, 9.17) is 4.74 Å². The predicted molar refractivity (Wildman–Crippen MR) is 93.9 cm³/mol. The van der Waals surface area contributed by atoms with Gasteiger partial charge < -0.3 is 15.4 Å². The molecule has 1 aliphatic heterocycles. The summed E-state index contributed by atoms with van der Waals surface area (Å²) in [5, 5.41) is 6.43. The molecule has 1 aromatic rings. The first kappa shape index (κ1) is 17.8. The van der Waals surface area contributed by atoms with Crippen LogP contribution >= 0.6 is 0 Å². The molecule has 0 spiro atoms. The van der Waals surface area contributed by atoms with E-state index < -0.39 is 0 Å². The van der Waals surface area contributed by atoms with Gasteiger partial charge in [0.05, 0.1) is 6.61 Å². The number of aryl methyl sites for hydroxylation is 2. The first-order chi connectivity index (χ1) is 11.1. The van der Waals surface area contributed by atoms with Crippen LogP contribution in [0.4, 0.5) is 0 Å². The van der Waals surface area contributed by atoms with Gasteiger partial charge in [-0.2, -0.15) is 0 Å². The Morgan fingerprint density at radius 1 is 1.35 bits per heavy atom. The van der Waals surface area contributed by atoms with Crippen molar-refractivity contribution >= 4 is 5.91 Å². The Hall–Kier alpha value is -1.55. The zero-order valence-electron chi connectivity index (χ0n) is 14.5. The number of ether oxygens (including phenoxy) is 1. The highest BCUT2D eigenvalue weighted by atomic mass is 16.5. The van der Waals surface area contributed by atoms with Crippen molar-refractivity contribution in [1.29, 1.82) is 0 Å². The minimum absolute atomic E-state index is 0.169. The van der Waals surface area contributed by atoms with E-state index in [1.54, 1.807) is 0 Å². The van der Waals surface area contributed by atoms with Crippen LogP contribution in [0.2, 0.25) is 0 Å². The molecule has 1 saturated heterocycles. The van der Waals surface area contributed by atoms with Crippen LogP contribution in [0.25, 0.3) is 0 Å². The summed E-state index contributed by atoms with van der Waals surface area (Å²) < 4.78 is 5.81. The lowest BCUT2D eigenvalue weighted by Crippen LogP contribution is -2.38. The van der Waals surface area contributed by atoms with Gasteiger partial charge in [-0.25, -0.2) is 0 Å². The van der Waals surface area contributed by atoms with Crippen molar-refractivity contribution in [2.45, 2.75) is 46.0 Å². The van der Waals surface area contributed by atoms with E-state index in [9.17, 15) is 4.79 Å². The molecule has 4 heteroatoms. The third kappa shape index (κ3) is 6.61. The van der Waals surface area contributed by atoms with Crippen LogP contribution in [0, 0.1) is 19.8 Å². The van der Waals surface area contributed by atoms with E-state index >= 15 is 0 Å². The van der Waals surface area contributed by atoms with Crippen LogP contribution in [-0.4, -0.2) is 32.1 Å². The Labute approximate surface area is 140 Å². The van der Waals surface area contributed by atoms with Gasteiger partial charge in [0.25, 0.3) is 0 Å². The maximum absolute atomic E-state index is 11.8. The van der Waals surface area contributed by atoms with Crippen molar-refractivity contribution < 1.29 is 9.53 Å². The van der Waals surface area contributed by atoms with Gasteiger partial charge in [-0.05, 0) is 75.7 Å². The lowest BCUT2D eigenvalue weighted by Gasteiger charge is -2.22. The van der Waals surface area contributed by atoms with Crippen molar-refractivity contribution in [2.24, 2.45) is 5.92 Å². The highest BCUT2D eigenvalue weighted by molar-refractivity contribution is 5.75. The van der Waals surface area contributed by atoms with E-state index in [-0.39, 0.29) is 5.91 Å². The van der Waals surface area contributed by atoms with Crippen molar-refractivity contribution in [2.75, 3.05) is 26.2 Å². The normalized spacial score (nSPS) is 17.7. The van der Waals surface area contributed by atoms with Gasteiger partial charge in [0.2, 0.25) is 5.91 Å². The predicted octanol–water partition coefficient (Wildman–Crippen LogP) is 2.97. The molecule has 2 rings (SSSR count). The molecule has 128 valence electrons. The molecule has 0 radical (unpaired) electrons. The third-order valence-corrected chi connectivity index (χ3v) is 4.39. The Morgan fingerprint density at radius 3 is 3.00 bits per heavy atom. The number of piperidine rings is 1. The fourth-order valence-corrected chi connectivity index (χ4v) is 2.88. The van der Waals surface area contributed by atoms with Crippen LogP contribution in [0.15, 0.2) is 18.2 Å². The van der Waals surface area contributed by atoms with E-state index in [2.05, 4.69) is 42.7 Å². The molecule has 1 amide bonds. The SMILES string of the molecule is Cc1ccc(C)c(OCCCCC(=O)NCC2CCCNC2)c1. The number of carbonyl (C=O) groups excluding carboxylic acids is 1. The van der Waals surface area contributed by atoms with E-state index in [1.165, 1.54) is 18.4 Å². The van der Waals surface area contributed by atoms with Crippen molar-refractivity contribution in [3.05, 3.63) is 29.3 Å². The first-order valence-electron chi connectivity index (χ1n) is 8.82. The topological polar surface area (TPSA) is 50.4 Å². The molecule has 23 heavy (non-hydrogen) atoms. The van der Waals surface area contributed by atoms with Gasteiger partial charge in [0.15, 0.2) is 0 Å². The van der Waals surface area contributed by atoms with Gasteiger partial charge in [-0.3, -0.25) is 4.79 Å². The number of rotatable bonds is 8. The maximum Gasteiger partial charge on any atom is 0.220 e. The van der Waals surface area contributed by atoms with Gasteiger partial charge in [-0.1, -0.05) is 12.1 Å². The number of benzene rings is 1. The second-order valence-corrected chi connectivity index (χ2v) is 6.59. The second kappa shape index (κ2) is 9.56. The quantitative estimate of drug-likeness (QED) is 0.725. The largest absolute Gasteiger partial charge is 0.493 e. The molecule has 1 heterocycles. The van der Waals surface area contributed by atoms with Crippen LogP contribution in [0.5, 0.6) is 5.75 Å². The summed E-state index contributed by atoms with van der Waals surface area (Å²) in [5.41, 5.74) is 2.37. The molecule has 1 fully saturated rings. The minimum atomic E-state index is 0.169. The molecular formula is C19H30N2O2. The molecule has 0 aliphatic carbocycles. The minimum Gasteiger partial charge on any atom is -0.493 e. The van der Waals surface area contributed by atoms with Crippen LogP contribution < -0.4 is 15.4 Å². The van der Waals surface area contributed by atoms with Crippen molar-refractivity contribution in [3.8, 4) is 5.75 Å². The molecule has 1 aromatic carbocycles. The molecular weight excluding hydrogens is 288 g/mol. The summed E-state index contributed by atoms with van der Waals surface area (Å²) in [6.07, 6.45) is 4.81. The number of unbranched alkanes of at least 4 members (excludes halogenated alkanes) is 1. The van der Waals surface area contributed by atoms with Gasteiger partial charge in [0.1, 0.15) is 5.75 Å². The molecule has 0 saturated carbocycles. The highest BCUT2D eigenvalue weighted by Gasteiger charge is 2.13. The Kier molecular flexibility index (Phi) is 7.40. The van der Waals surface area contributed by atoms with E-state index in [0.717, 1.165) is 43.8 Å². The number of nitrogens with one attached hydrogen (secondary N) is 2. The monoisotopic (exact) mass is 318 g/mol. The van der Waals surface area contributed by atoms with Gasteiger partial charge in [-0.15, -0.1) is 0 Å². The first-order valence-corrected chi connectivity index (χ1v) is 8.82. The Bertz CT molecular complexity index is 496. The number of amides is 1. The summed E-state index contributed by atoms with van der Waals surface area (Å²) in [4.78, 5) is 11.8. The smallest absolute Gasteiger partial charge is 0.220 e. The van der Waals surface area contributed by atoms with Crippen LogP contribution in [-0.2, 0) is 4.79 Å². The summed E-state index contributed by atoms with van der Waals surface area (Å²) in [7, 11) is 0. The fourth-order valence-electron chi connectivity index (χ4n) is 2.88. The van der Waals surface area contributed by atoms with Crippen molar-refractivity contribution in [3.63, 3.8) is 0 Å². The number of hydrogen-bond donors (Lipinski definition) is 2. The van der Waals surface area contributed by atoms with E-state index in [0.29, 0.717) is 18.9 Å². The molecule has 0 aromatic heterocycles. The summed E-state index contributed by atoms with van der Waals surface area (Å²) >= 11 is 0. The molecule has 1 aliphatic rings. The Morgan fingerprint density at radius 2 is 2.22 bits per heavy atom. The number of carbonyl (C=O) groups is 1. The molecule has 1 unspecified atom stereocenters.